The second kappa shape index (κ2) is 9.19. The van der Waals surface area contributed by atoms with Gasteiger partial charge < -0.3 is 14.8 Å². The lowest BCUT2D eigenvalue weighted by atomic mass is 10.2. The SMILES string of the molecule is COc1cccc(Nc2ncnc(NNC(=O)c3ccccc3OC)c2[N+](=O)[O-])c1. The molecule has 1 heterocycles. The van der Waals surface area contributed by atoms with E-state index in [1.807, 2.05) is 0 Å². The Kier molecular flexibility index (Phi) is 6.23. The monoisotopic (exact) mass is 410 g/mol. The van der Waals surface area contributed by atoms with Crippen molar-refractivity contribution in [1.82, 2.24) is 15.4 Å². The van der Waals surface area contributed by atoms with Crippen LogP contribution >= 0.6 is 0 Å². The number of nitrogens with zero attached hydrogens (tertiary/aromatic N) is 3. The highest BCUT2D eigenvalue weighted by Gasteiger charge is 2.24. The number of nitrogens with one attached hydrogen (secondary N) is 3. The zero-order valence-corrected chi connectivity index (χ0v) is 16.1. The Labute approximate surface area is 171 Å². The molecule has 0 saturated carbocycles. The smallest absolute Gasteiger partial charge is 0.355 e. The van der Waals surface area contributed by atoms with Crippen molar-refractivity contribution in [3.8, 4) is 11.5 Å². The van der Waals surface area contributed by atoms with E-state index in [1.165, 1.54) is 14.2 Å². The van der Waals surface area contributed by atoms with Crippen LogP contribution in [-0.2, 0) is 0 Å². The number of benzene rings is 2. The molecule has 1 amide bonds. The maximum Gasteiger partial charge on any atom is 0.355 e. The first-order valence-electron chi connectivity index (χ1n) is 8.63. The first-order valence-corrected chi connectivity index (χ1v) is 8.63. The third-order valence-electron chi connectivity index (χ3n) is 3.98. The first-order chi connectivity index (χ1) is 14.5. The predicted molar refractivity (Wildman–Crippen MR) is 109 cm³/mol. The minimum Gasteiger partial charge on any atom is -0.497 e. The summed E-state index contributed by atoms with van der Waals surface area (Å²) >= 11 is 0. The number of nitro groups is 1. The van der Waals surface area contributed by atoms with Crippen molar-refractivity contribution in [3.63, 3.8) is 0 Å². The molecule has 0 bridgehead atoms. The van der Waals surface area contributed by atoms with Crippen LogP contribution in [0.5, 0.6) is 11.5 Å². The molecular weight excluding hydrogens is 392 g/mol. The Balaban J connectivity index is 1.84. The van der Waals surface area contributed by atoms with Gasteiger partial charge in [-0.3, -0.25) is 25.8 Å². The molecule has 1 aromatic heterocycles. The van der Waals surface area contributed by atoms with Crippen LogP contribution in [0.25, 0.3) is 0 Å². The summed E-state index contributed by atoms with van der Waals surface area (Å²) in [6.45, 7) is 0. The molecule has 3 aromatic rings. The fourth-order valence-electron chi connectivity index (χ4n) is 2.59. The highest BCUT2D eigenvalue weighted by molar-refractivity contribution is 5.97. The summed E-state index contributed by atoms with van der Waals surface area (Å²) in [6.07, 6.45) is 1.13. The van der Waals surface area contributed by atoms with Gasteiger partial charge in [-0.1, -0.05) is 18.2 Å². The Morgan fingerprint density at radius 2 is 1.80 bits per heavy atom. The largest absolute Gasteiger partial charge is 0.497 e. The van der Waals surface area contributed by atoms with Crippen molar-refractivity contribution in [2.75, 3.05) is 25.0 Å². The van der Waals surface area contributed by atoms with Gasteiger partial charge in [0.1, 0.15) is 17.8 Å². The molecule has 30 heavy (non-hydrogen) atoms. The average molecular weight is 410 g/mol. The van der Waals surface area contributed by atoms with Crippen molar-refractivity contribution in [2.45, 2.75) is 0 Å². The summed E-state index contributed by atoms with van der Waals surface area (Å²) in [6, 6.07) is 13.4. The zero-order valence-electron chi connectivity index (χ0n) is 16.1. The predicted octanol–water partition coefficient (Wildman–Crippen LogP) is 2.90. The van der Waals surface area contributed by atoms with Crippen LogP contribution in [0.15, 0.2) is 54.9 Å². The molecule has 2 aromatic carbocycles. The zero-order chi connectivity index (χ0) is 21.5. The van der Waals surface area contributed by atoms with Gasteiger partial charge in [-0.05, 0) is 24.3 Å². The molecule has 0 spiro atoms. The van der Waals surface area contributed by atoms with Gasteiger partial charge in [0.2, 0.25) is 11.6 Å². The van der Waals surface area contributed by atoms with E-state index in [-0.39, 0.29) is 17.2 Å². The first kappa shape index (κ1) is 20.3. The van der Waals surface area contributed by atoms with Crippen molar-refractivity contribution < 1.29 is 19.2 Å². The lowest BCUT2D eigenvalue weighted by Gasteiger charge is -2.12. The number of carbonyl (C=O) groups excluding carboxylic acids is 1. The van der Waals surface area contributed by atoms with Crippen LogP contribution < -0.4 is 25.6 Å². The van der Waals surface area contributed by atoms with E-state index in [4.69, 9.17) is 9.47 Å². The summed E-state index contributed by atoms with van der Waals surface area (Å²) in [4.78, 5) is 31.3. The third kappa shape index (κ3) is 4.52. The van der Waals surface area contributed by atoms with Gasteiger partial charge in [-0.15, -0.1) is 0 Å². The van der Waals surface area contributed by atoms with Crippen LogP contribution in [-0.4, -0.2) is 35.0 Å². The maximum absolute atomic E-state index is 12.4. The van der Waals surface area contributed by atoms with Crippen LogP contribution in [0.4, 0.5) is 23.0 Å². The highest BCUT2D eigenvalue weighted by Crippen LogP contribution is 2.31. The van der Waals surface area contributed by atoms with Gasteiger partial charge in [0.05, 0.1) is 24.7 Å². The van der Waals surface area contributed by atoms with E-state index in [0.717, 1.165) is 6.33 Å². The van der Waals surface area contributed by atoms with Crippen molar-refractivity contribution in [3.05, 3.63) is 70.5 Å². The number of anilines is 3. The van der Waals surface area contributed by atoms with Crippen molar-refractivity contribution in [1.29, 1.82) is 0 Å². The van der Waals surface area contributed by atoms with E-state index >= 15 is 0 Å². The molecule has 3 rings (SSSR count). The molecular formula is C19H18N6O5. The number of aromatic nitrogens is 2. The quantitative estimate of drug-likeness (QED) is 0.377. The van der Waals surface area contributed by atoms with Gasteiger partial charge in [0, 0.05) is 11.8 Å². The minimum atomic E-state index is -0.653. The van der Waals surface area contributed by atoms with Gasteiger partial charge in [-0.2, -0.15) is 0 Å². The van der Waals surface area contributed by atoms with E-state index in [9.17, 15) is 14.9 Å². The number of ether oxygens (including phenoxy) is 2. The maximum atomic E-state index is 12.4. The molecule has 0 atom stereocenters. The number of hydrogen-bond acceptors (Lipinski definition) is 9. The van der Waals surface area contributed by atoms with E-state index in [2.05, 4.69) is 26.1 Å². The van der Waals surface area contributed by atoms with Crippen LogP contribution in [0.3, 0.4) is 0 Å². The lowest BCUT2D eigenvalue weighted by molar-refractivity contribution is -0.383. The number of amides is 1. The number of hydrazine groups is 1. The Morgan fingerprint density at radius 1 is 1.03 bits per heavy atom. The topological polar surface area (TPSA) is 141 Å². The normalized spacial score (nSPS) is 10.1. The lowest BCUT2D eigenvalue weighted by Crippen LogP contribution is -2.30. The third-order valence-corrected chi connectivity index (χ3v) is 3.98. The highest BCUT2D eigenvalue weighted by atomic mass is 16.6. The summed E-state index contributed by atoms with van der Waals surface area (Å²) in [5, 5.41) is 14.5. The van der Waals surface area contributed by atoms with Crippen LogP contribution in [0, 0.1) is 10.1 Å². The Bertz CT molecular complexity index is 1070. The van der Waals surface area contributed by atoms with Gasteiger partial charge in [0.25, 0.3) is 5.91 Å². The second-order valence-corrected chi connectivity index (χ2v) is 5.81. The molecule has 3 N–H and O–H groups in total. The summed E-state index contributed by atoms with van der Waals surface area (Å²) in [5.74, 6) is 0.122. The van der Waals surface area contributed by atoms with Crippen molar-refractivity contribution >= 4 is 28.9 Å². The number of rotatable bonds is 8. The minimum absolute atomic E-state index is 0.0581. The van der Waals surface area contributed by atoms with Gasteiger partial charge in [0.15, 0.2) is 0 Å². The summed E-state index contributed by atoms with van der Waals surface area (Å²) in [7, 11) is 2.95. The number of para-hydroxylation sites is 1. The molecule has 154 valence electrons. The average Bonchev–Trinajstić information content (AvgIpc) is 2.77. The molecule has 0 aliphatic rings. The fourth-order valence-corrected chi connectivity index (χ4v) is 2.59. The Morgan fingerprint density at radius 3 is 2.53 bits per heavy atom. The standard InChI is InChI=1S/C19H18N6O5/c1-29-13-7-5-6-12(10-13)22-17-16(25(27)28)18(21-11-20-17)23-24-19(26)14-8-3-4-9-15(14)30-2/h3-11H,1-2H3,(H,24,26)(H2,20,21,22,23). The molecule has 0 aliphatic heterocycles. The number of carbonyl (C=O) groups is 1. The van der Waals surface area contributed by atoms with E-state index < -0.39 is 16.5 Å². The van der Waals surface area contributed by atoms with Gasteiger partial charge >= 0.3 is 5.69 Å². The molecule has 11 heteroatoms. The summed E-state index contributed by atoms with van der Waals surface area (Å²) in [5.41, 5.74) is 5.20. The van der Waals surface area contributed by atoms with E-state index in [1.54, 1.807) is 48.5 Å². The number of hydrogen-bond donors (Lipinski definition) is 3. The molecule has 0 radical (unpaired) electrons. The molecule has 0 fully saturated rings. The fraction of sp³-hybridized carbons (Fsp3) is 0.105. The molecule has 0 unspecified atom stereocenters. The molecule has 0 saturated heterocycles. The van der Waals surface area contributed by atoms with Crippen molar-refractivity contribution in [2.24, 2.45) is 0 Å². The molecule has 11 nitrogen and oxygen atoms in total. The van der Waals surface area contributed by atoms with Crippen LogP contribution in [0.1, 0.15) is 10.4 Å². The van der Waals surface area contributed by atoms with Crippen LogP contribution in [0.2, 0.25) is 0 Å². The van der Waals surface area contributed by atoms with E-state index in [0.29, 0.717) is 17.2 Å². The second-order valence-electron chi connectivity index (χ2n) is 5.81. The Hall–Kier alpha value is -4.41. The number of methoxy groups -OCH3 is 2. The molecule has 0 aliphatic carbocycles. The van der Waals surface area contributed by atoms with Gasteiger partial charge in [-0.25, -0.2) is 9.97 Å². The summed E-state index contributed by atoms with van der Waals surface area (Å²) < 4.78 is 10.3.